The third kappa shape index (κ3) is 9.25. The van der Waals surface area contributed by atoms with Crippen LogP contribution in [0.5, 0.6) is 0 Å². The van der Waals surface area contributed by atoms with Gasteiger partial charge in [0, 0.05) is 5.02 Å². The number of aromatic nitrogens is 2. The predicted molar refractivity (Wildman–Crippen MR) is 142 cm³/mol. The van der Waals surface area contributed by atoms with Gasteiger partial charge in [-0.25, -0.2) is 4.68 Å². The quantitative estimate of drug-likeness (QED) is 0.134. The Morgan fingerprint density at radius 2 is 1.36 bits per heavy atom. The van der Waals surface area contributed by atoms with E-state index in [1.807, 2.05) is 5.40 Å². The summed E-state index contributed by atoms with van der Waals surface area (Å²) in [5.41, 5.74) is 0.776. The molecule has 182 valence electrons. The summed E-state index contributed by atoms with van der Waals surface area (Å²) in [6.07, 6.45) is 17.4. The van der Waals surface area contributed by atoms with E-state index in [0.29, 0.717) is 22.0 Å². The number of nitrogens with zero attached hydrogens (tertiary/aromatic N) is 2. The Kier molecular flexibility index (Phi) is 13.5. The van der Waals surface area contributed by atoms with Gasteiger partial charge in [0.05, 0.1) is 15.7 Å². The molecular formula is C25H34Cl3N3OS. The Labute approximate surface area is 217 Å². The fourth-order valence-corrected chi connectivity index (χ4v) is 5.54. The van der Waals surface area contributed by atoms with E-state index in [0.717, 1.165) is 30.3 Å². The fraction of sp³-hybridized carbons (Fsp3) is 0.600. The molecule has 0 amide bonds. The summed E-state index contributed by atoms with van der Waals surface area (Å²) in [5, 5.41) is 15.2. The number of hydrogen-bond donors (Lipinski definition) is 1. The van der Waals surface area contributed by atoms with Gasteiger partial charge in [-0.05, 0) is 36.7 Å². The number of thioether (sulfide) groups is 1. The maximum absolute atomic E-state index is 12.9. The third-order valence-electron chi connectivity index (χ3n) is 5.80. The molecule has 0 bridgehead atoms. The summed E-state index contributed by atoms with van der Waals surface area (Å²) in [6, 6.07) is 3.09. The van der Waals surface area contributed by atoms with E-state index in [-0.39, 0.29) is 15.6 Å². The molecule has 0 fully saturated rings. The predicted octanol–water partition coefficient (Wildman–Crippen LogP) is 9.33. The van der Waals surface area contributed by atoms with Crippen molar-refractivity contribution in [2.45, 2.75) is 102 Å². The molecule has 0 saturated heterocycles. The third-order valence-corrected chi connectivity index (χ3v) is 7.31. The highest BCUT2D eigenvalue weighted by atomic mass is 35.5. The van der Waals surface area contributed by atoms with E-state index in [1.165, 1.54) is 75.3 Å². The lowest BCUT2D eigenvalue weighted by molar-refractivity contribution is 0.538. The zero-order chi connectivity index (χ0) is 24.1. The van der Waals surface area contributed by atoms with Crippen LogP contribution in [-0.2, 0) is 6.42 Å². The van der Waals surface area contributed by atoms with E-state index in [2.05, 4.69) is 12.0 Å². The number of thiocyanates is 1. The van der Waals surface area contributed by atoms with Gasteiger partial charge in [-0.2, -0.15) is 5.26 Å². The molecule has 0 aliphatic rings. The second-order valence-electron chi connectivity index (χ2n) is 8.46. The summed E-state index contributed by atoms with van der Waals surface area (Å²) < 4.78 is 1.32. The minimum Gasteiger partial charge on any atom is -0.294 e. The van der Waals surface area contributed by atoms with Crippen molar-refractivity contribution in [3.8, 4) is 11.1 Å². The van der Waals surface area contributed by atoms with Crippen molar-refractivity contribution >= 4 is 46.6 Å². The summed E-state index contributed by atoms with van der Waals surface area (Å²) >= 11 is 19.5. The van der Waals surface area contributed by atoms with Crippen molar-refractivity contribution < 1.29 is 0 Å². The normalized spacial score (nSPS) is 11.1. The monoisotopic (exact) mass is 529 g/mol. The van der Waals surface area contributed by atoms with E-state index >= 15 is 0 Å². The number of rotatable bonds is 16. The van der Waals surface area contributed by atoms with Crippen LogP contribution >= 0.6 is 46.6 Å². The van der Waals surface area contributed by atoms with Crippen LogP contribution in [0.3, 0.4) is 0 Å². The van der Waals surface area contributed by atoms with Crippen LogP contribution in [-0.4, -0.2) is 9.78 Å². The van der Waals surface area contributed by atoms with Crippen LogP contribution < -0.4 is 5.56 Å². The van der Waals surface area contributed by atoms with Gasteiger partial charge in [0.2, 0.25) is 0 Å². The highest BCUT2D eigenvalue weighted by molar-refractivity contribution is 8.03. The number of hydrogen-bond acceptors (Lipinski definition) is 3. The Hall–Kier alpha value is -1.06. The number of aryl methyl sites for hydroxylation is 1. The molecule has 0 saturated carbocycles. The first-order valence-electron chi connectivity index (χ1n) is 12.0. The number of nitrogens with one attached hydrogen (secondary N) is 1. The van der Waals surface area contributed by atoms with Crippen LogP contribution in [0.15, 0.2) is 21.8 Å². The van der Waals surface area contributed by atoms with E-state index < -0.39 is 0 Å². The van der Waals surface area contributed by atoms with Gasteiger partial charge in [-0.1, -0.05) is 119 Å². The number of aromatic amines is 1. The van der Waals surface area contributed by atoms with Crippen molar-refractivity contribution in [1.82, 2.24) is 9.78 Å². The van der Waals surface area contributed by atoms with Gasteiger partial charge in [0.15, 0.2) is 0 Å². The Balaban J connectivity index is 1.79. The topological polar surface area (TPSA) is 61.6 Å². The highest BCUT2D eigenvalue weighted by Gasteiger charge is 2.19. The lowest BCUT2D eigenvalue weighted by Gasteiger charge is -2.08. The number of halogens is 3. The molecule has 0 atom stereocenters. The average Bonchev–Trinajstić information content (AvgIpc) is 3.06. The lowest BCUT2D eigenvalue weighted by atomic mass is 10.0. The largest absolute Gasteiger partial charge is 0.294 e. The second kappa shape index (κ2) is 15.8. The first kappa shape index (κ1) is 28.2. The molecule has 4 nitrogen and oxygen atoms in total. The molecule has 0 unspecified atom stereocenters. The minimum absolute atomic E-state index is 0.275. The summed E-state index contributed by atoms with van der Waals surface area (Å²) in [4.78, 5) is 13.3. The molecule has 1 aromatic carbocycles. The maximum Gasteiger partial charge on any atom is 0.286 e. The standard InChI is InChI=1S/C25H34Cl3N3OS/c1-2-3-4-5-6-7-8-9-10-11-12-13-14-15-22-24(33-18-29)25(32)31(30-22)23-20(27)16-19(26)17-21(23)28/h16-17,30H,2-15H2,1H3. The zero-order valence-electron chi connectivity index (χ0n) is 19.4. The Morgan fingerprint density at radius 3 is 1.85 bits per heavy atom. The molecule has 0 aliphatic heterocycles. The zero-order valence-corrected chi connectivity index (χ0v) is 22.5. The van der Waals surface area contributed by atoms with Gasteiger partial charge in [-0.15, -0.1) is 0 Å². The molecule has 0 radical (unpaired) electrons. The van der Waals surface area contributed by atoms with Crippen LogP contribution in [0.1, 0.15) is 96.1 Å². The molecule has 8 heteroatoms. The molecular weight excluding hydrogens is 497 g/mol. The summed E-state index contributed by atoms with van der Waals surface area (Å²) in [7, 11) is 0. The molecule has 1 heterocycles. The van der Waals surface area contributed by atoms with Crippen LogP contribution in [0.4, 0.5) is 0 Å². The van der Waals surface area contributed by atoms with Crippen molar-refractivity contribution in [3.63, 3.8) is 0 Å². The number of unbranched alkanes of at least 4 members (excludes halogenated alkanes) is 12. The maximum atomic E-state index is 12.9. The van der Waals surface area contributed by atoms with Crippen molar-refractivity contribution in [3.05, 3.63) is 43.2 Å². The van der Waals surface area contributed by atoms with E-state index in [4.69, 9.17) is 40.1 Å². The smallest absolute Gasteiger partial charge is 0.286 e. The molecule has 33 heavy (non-hydrogen) atoms. The van der Waals surface area contributed by atoms with Gasteiger partial charge >= 0.3 is 0 Å². The van der Waals surface area contributed by atoms with Crippen molar-refractivity contribution in [1.29, 1.82) is 5.26 Å². The van der Waals surface area contributed by atoms with Gasteiger partial charge in [-0.3, -0.25) is 9.89 Å². The van der Waals surface area contributed by atoms with Crippen LogP contribution in [0, 0.1) is 10.7 Å². The molecule has 0 aliphatic carbocycles. The van der Waals surface area contributed by atoms with E-state index in [1.54, 1.807) is 12.1 Å². The number of H-pyrrole nitrogens is 1. The first-order chi connectivity index (χ1) is 16.0. The average molecular weight is 531 g/mol. The van der Waals surface area contributed by atoms with Gasteiger partial charge < -0.3 is 0 Å². The molecule has 1 N–H and O–H groups in total. The SMILES string of the molecule is CCCCCCCCCCCCCCCc1[nH]n(-c2c(Cl)cc(Cl)cc2Cl)c(=O)c1SC#N. The van der Waals surface area contributed by atoms with Crippen molar-refractivity contribution in [2.75, 3.05) is 0 Å². The molecule has 2 rings (SSSR count). The van der Waals surface area contributed by atoms with Gasteiger partial charge in [0.1, 0.15) is 16.0 Å². The second-order valence-corrected chi connectivity index (χ2v) is 10.5. The Morgan fingerprint density at radius 1 is 0.879 bits per heavy atom. The number of nitriles is 1. The van der Waals surface area contributed by atoms with Gasteiger partial charge in [0.25, 0.3) is 5.56 Å². The summed E-state index contributed by atoms with van der Waals surface area (Å²) in [6.45, 7) is 2.26. The first-order valence-corrected chi connectivity index (χ1v) is 14.0. The molecule has 2 aromatic rings. The highest BCUT2D eigenvalue weighted by Crippen LogP contribution is 2.32. The van der Waals surface area contributed by atoms with E-state index in [9.17, 15) is 4.79 Å². The lowest BCUT2D eigenvalue weighted by Crippen LogP contribution is -2.16. The van der Waals surface area contributed by atoms with Crippen LogP contribution in [0.25, 0.3) is 5.69 Å². The summed E-state index contributed by atoms with van der Waals surface area (Å²) in [5.74, 6) is 0. The van der Waals surface area contributed by atoms with Crippen molar-refractivity contribution in [2.24, 2.45) is 0 Å². The molecule has 0 spiro atoms. The minimum atomic E-state index is -0.322. The Bertz CT molecular complexity index is 942. The number of benzene rings is 1. The molecule has 1 aromatic heterocycles. The fourth-order valence-electron chi connectivity index (χ4n) is 4.01. The van der Waals surface area contributed by atoms with Crippen LogP contribution in [0.2, 0.25) is 15.1 Å².